The number of aromatic nitrogens is 2. The van der Waals surface area contributed by atoms with Gasteiger partial charge in [0.25, 0.3) is 0 Å². The molecule has 2 heterocycles. The van der Waals surface area contributed by atoms with E-state index in [0.717, 1.165) is 5.75 Å². The molecule has 17 heavy (non-hydrogen) atoms. The number of hydrogen-bond acceptors (Lipinski definition) is 6. The van der Waals surface area contributed by atoms with E-state index in [1.165, 1.54) is 0 Å². The topological polar surface area (TPSA) is 65.2 Å². The molecule has 94 valence electrons. The van der Waals surface area contributed by atoms with Gasteiger partial charge in [-0.2, -0.15) is 16.7 Å². The average Bonchev–Trinajstić information content (AvgIpc) is 2.87. The second kappa shape index (κ2) is 5.18. The van der Waals surface area contributed by atoms with E-state index in [-0.39, 0.29) is 23.7 Å². The van der Waals surface area contributed by atoms with Gasteiger partial charge in [0.05, 0.1) is 5.75 Å². The molecule has 0 saturated carbocycles. The third kappa shape index (κ3) is 2.52. The number of carbonyl (C=O) groups excluding carboxylic acids is 1. The quantitative estimate of drug-likeness (QED) is 0.818. The van der Waals surface area contributed by atoms with Crippen LogP contribution in [0.3, 0.4) is 0 Å². The van der Waals surface area contributed by atoms with Crippen LogP contribution in [0, 0.1) is 5.92 Å². The van der Waals surface area contributed by atoms with Gasteiger partial charge in [0.2, 0.25) is 11.7 Å². The minimum Gasteiger partial charge on any atom is -0.373 e. The molecule has 1 aliphatic heterocycles. The first-order valence-corrected chi connectivity index (χ1v) is 6.75. The van der Waals surface area contributed by atoms with Crippen LogP contribution in [0.25, 0.3) is 0 Å². The van der Waals surface area contributed by atoms with Crippen LogP contribution in [0.1, 0.15) is 37.6 Å². The molecule has 0 spiro atoms. The molecular formula is C11H16N2O3S. The molecule has 2 rings (SSSR count). The maximum absolute atomic E-state index is 11.6. The smallest absolute Gasteiger partial charge is 0.238 e. The van der Waals surface area contributed by atoms with Crippen molar-refractivity contribution in [2.24, 2.45) is 5.92 Å². The monoisotopic (exact) mass is 256 g/mol. The predicted octanol–water partition coefficient (Wildman–Crippen LogP) is 1.81. The molecule has 0 amide bonds. The van der Waals surface area contributed by atoms with E-state index in [4.69, 9.17) is 9.26 Å². The molecular weight excluding hydrogens is 240 g/mol. The maximum atomic E-state index is 11.6. The summed E-state index contributed by atoms with van der Waals surface area (Å²) in [4.78, 5) is 15.9. The zero-order valence-electron chi connectivity index (χ0n) is 10.2. The molecule has 1 saturated heterocycles. The number of ether oxygens (including phenoxy) is 1. The van der Waals surface area contributed by atoms with Crippen LogP contribution in [-0.2, 0) is 9.53 Å². The lowest BCUT2D eigenvalue weighted by molar-refractivity contribution is -0.117. The number of Topliss-reactive ketones (excluding diaryl/α,β-unsaturated/α-hetero) is 1. The van der Waals surface area contributed by atoms with Crippen LogP contribution in [0.15, 0.2) is 4.52 Å². The van der Waals surface area contributed by atoms with Crippen molar-refractivity contribution < 1.29 is 14.1 Å². The maximum Gasteiger partial charge on any atom is 0.238 e. The highest BCUT2D eigenvalue weighted by Crippen LogP contribution is 2.30. The van der Waals surface area contributed by atoms with Crippen LogP contribution < -0.4 is 0 Å². The highest BCUT2D eigenvalue weighted by atomic mass is 32.2. The molecule has 1 aromatic rings. The third-order valence-corrected chi connectivity index (χ3v) is 3.84. The largest absolute Gasteiger partial charge is 0.373 e. The summed E-state index contributed by atoms with van der Waals surface area (Å²) in [5.41, 5.74) is 0. The number of hydrogen-bond donors (Lipinski definition) is 0. The normalized spacial score (nSPS) is 22.4. The number of nitrogens with zero attached hydrogens (tertiary/aromatic N) is 2. The molecule has 0 aromatic carbocycles. The molecule has 6 heteroatoms. The van der Waals surface area contributed by atoms with E-state index in [1.807, 2.05) is 13.8 Å². The minimum atomic E-state index is -0.231. The Morgan fingerprint density at radius 2 is 2.29 bits per heavy atom. The van der Waals surface area contributed by atoms with Gasteiger partial charge in [-0.3, -0.25) is 4.79 Å². The molecule has 0 bridgehead atoms. The number of thioether (sulfide) groups is 1. The molecule has 0 N–H and O–H groups in total. The standard InChI is InChI=1S/C11H16N2O3S/c1-6(2)9(15-3)10-12-11(16-13-10)7-4-17-5-8(7)14/h6-7,9H,4-5H2,1-3H3. The van der Waals surface area contributed by atoms with Crippen molar-refractivity contribution in [1.82, 2.24) is 10.1 Å². The molecule has 2 unspecified atom stereocenters. The Hall–Kier alpha value is -0.880. The fraction of sp³-hybridized carbons (Fsp3) is 0.727. The third-order valence-electron chi connectivity index (χ3n) is 2.79. The van der Waals surface area contributed by atoms with Crippen molar-refractivity contribution in [3.05, 3.63) is 11.7 Å². The Bertz CT molecular complexity index is 405. The Kier molecular flexibility index (Phi) is 3.83. The summed E-state index contributed by atoms with van der Waals surface area (Å²) in [5, 5.41) is 3.92. The van der Waals surface area contributed by atoms with Crippen LogP contribution in [0.4, 0.5) is 0 Å². The van der Waals surface area contributed by atoms with Gasteiger partial charge in [0.15, 0.2) is 5.78 Å². The van der Waals surface area contributed by atoms with Crippen molar-refractivity contribution in [3.63, 3.8) is 0 Å². The predicted molar refractivity (Wildman–Crippen MR) is 64.0 cm³/mol. The summed E-state index contributed by atoms with van der Waals surface area (Å²) < 4.78 is 10.5. The number of ketones is 1. The second-order valence-electron chi connectivity index (χ2n) is 4.43. The zero-order chi connectivity index (χ0) is 12.4. The Labute approximate surface area is 104 Å². The van der Waals surface area contributed by atoms with Crippen LogP contribution >= 0.6 is 11.8 Å². The fourth-order valence-corrected chi connectivity index (χ4v) is 2.94. The first-order chi connectivity index (χ1) is 8.13. The lowest BCUT2D eigenvalue weighted by Gasteiger charge is -2.14. The summed E-state index contributed by atoms with van der Waals surface area (Å²) in [6.07, 6.45) is -0.184. The van der Waals surface area contributed by atoms with Gasteiger partial charge in [-0.05, 0) is 5.92 Å². The van der Waals surface area contributed by atoms with Gasteiger partial charge in [-0.15, -0.1) is 0 Å². The summed E-state index contributed by atoms with van der Waals surface area (Å²) in [5.74, 6) is 2.44. The molecule has 0 radical (unpaired) electrons. The Balaban J connectivity index is 2.17. The van der Waals surface area contributed by atoms with Gasteiger partial charge in [-0.1, -0.05) is 19.0 Å². The van der Waals surface area contributed by atoms with Crippen LogP contribution in [0.2, 0.25) is 0 Å². The van der Waals surface area contributed by atoms with E-state index >= 15 is 0 Å². The van der Waals surface area contributed by atoms with Gasteiger partial charge < -0.3 is 9.26 Å². The molecule has 0 aliphatic carbocycles. The van der Waals surface area contributed by atoms with Crippen molar-refractivity contribution in [2.45, 2.75) is 25.9 Å². The van der Waals surface area contributed by atoms with Gasteiger partial charge in [0, 0.05) is 12.9 Å². The molecule has 1 fully saturated rings. The first kappa shape index (κ1) is 12.6. The van der Waals surface area contributed by atoms with Crippen molar-refractivity contribution in [3.8, 4) is 0 Å². The molecule has 1 aromatic heterocycles. The number of methoxy groups -OCH3 is 1. The van der Waals surface area contributed by atoms with E-state index in [0.29, 0.717) is 17.5 Å². The first-order valence-electron chi connectivity index (χ1n) is 5.60. The SMILES string of the molecule is COC(c1noc(C2CSCC2=O)n1)C(C)C. The van der Waals surface area contributed by atoms with Gasteiger partial charge >= 0.3 is 0 Å². The molecule has 2 atom stereocenters. The fourth-order valence-electron chi connectivity index (χ4n) is 1.86. The number of carbonyl (C=O) groups is 1. The summed E-state index contributed by atoms with van der Waals surface area (Å²) >= 11 is 1.61. The lowest BCUT2D eigenvalue weighted by atomic mass is 10.1. The van der Waals surface area contributed by atoms with Crippen molar-refractivity contribution >= 4 is 17.5 Å². The second-order valence-corrected chi connectivity index (χ2v) is 5.46. The molecule has 1 aliphatic rings. The average molecular weight is 256 g/mol. The highest BCUT2D eigenvalue weighted by molar-refractivity contribution is 8.00. The number of rotatable bonds is 4. The van der Waals surface area contributed by atoms with Gasteiger partial charge in [0.1, 0.15) is 12.0 Å². The van der Waals surface area contributed by atoms with Gasteiger partial charge in [-0.25, -0.2) is 0 Å². The summed E-state index contributed by atoms with van der Waals surface area (Å²) in [6.45, 7) is 4.06. The van der Waals surface area contributed by atoms with E-state index < -0.39 is 0 Å². The van der Waals surface area contributed by atoms with Crippen LogP contribution in [-0.4, -0.2) is 34.5 Å². The zero-order valence-corrected chi connectivity index (χ0v) is 11.0. The Morgan fingerprint density at radius 1 is 1.53 bits per heavy atom. The lowest BCUT2D eigenvalue weighted by Crippen LogP contribution is -2.12. The van der Waals surface area contributed by atoms with Crippen molar-refractivity contribution in [1.29, 1.82) is 0 Å². The minimum absolute atomic E-state index is 0.170. The van der Waals surface area contributed by atoms with E-state index in [1.54, 1.807) is 18.9 Å². The summed E-state index contributed by atoms with van der Waals surface area (Å²) in [7, 11) is 1.62. The van der Waals surface area contributed by atoms with Crippen molar-refractivity contribution in [2.75, 3.05) is 18.6 Å². The van der Waals surface area contributed by atoms with E-state index in [2.05, 4.69) is 10.1 Å². The van der Waals surface area contributed by atoms with Crippen LogP contribution in [0.5, 0.6) is 0 Å². The van der Waals surface area contributed by atoms with E-state index in [9.17, 15) is 4.79 Å². The molecule has 5 nitrogen and oxygen atoms in total. The Morgan fingerprint density at radius 3 is 2.82 bits per heavy atom. The summed E-state index contributed by atoms with van der Waals surface area (Å²) in [6, 6.07) is 0. The highest BCUT2D eigenvalue weighted by Gasteiger charge is 2.32.